The minimum Gasteiger partial charge on any atom is -0.465 e. The van der Waals surface area contributed by atoms with Crippen molar-refractivity contribution >= 4 is 23.8 Å². The first-order valence-corrected chi connectivity index (χ1v) is 9.37. The first-order valence-electron chi connectivity index (χ1n) is 9.37. The molecule has 0 spiro atoms. The van der Waals surface area contributed by atoms with Crippen LogP contribution < -0.4 is 0 Å². The van der Waals surface area contributed by atoms with Gasteiger partial charge in [0.15, 0.2) is 11.7 Å². The highest BCUT2D eigenvalue weighted by molar-refractivity contribution is 6.01. The van der Waals surface area contributed by atoms with Crippen LogP contribution in [0.15, 0.2) is 0 Å². The van der Waals surface area contributed by atoms with E-state index in [1.807, 2.05) is 6.92 Å². The van der Waals surface area contributed by atoms with Gasteiger partial charge < -0.3 is 14.2 Å². The smallest absolute Gasteiger partial charge is 0.410 e. The van der Waals surface area contributed by atoms with Crippen molar-refractivity contribution in [2.45, 2.75) is 66.0 Å². The molecule has 1 amide bonds. The average Bonchev–Trinajstić information content (AvgIpc) is 2.93. The van der Waals surface area contributed by atoms with Crippen molar-refractivity contribution in [3.63, 3.8) is 0 Å². The number of carbonyl (C=O) groups is 4. The summed E-state index contributed by atoms with van der Waals surface area (Å²) in [5, 5.41) is 0. The second kappa shape index (κ2) is 9.71. The normalized spacial score (nSPS) is 19.7. The Balaban J connectivity index is 2.95. The van der Waals surface area contributed by atoms with Crippen molar-refractivity contribution in [1.82, 2.24) is 4.90 Å². The van der Waals surface area contributed by atoms with Crippen molar-refractivity contribution in [2.24, 2.45) is 11.8 Å². The summed E-state index contributed by atoms with van der Waals surface area (Å²) < 4.78 is 15.2. The number of rotatable bonds is 7. The number of hydrogen-bond acceptors (Lipinski definition) is 7. The van der Waals surface area contributed by atoms with Gasteiger partial charge in [-0.15, -0.1) is 0 Å². The number of ketones is 1. The van der Waals surface area contributed by atoms with E-state index in [1.54, 1.807) is 34.6 Å². The Kier molecular flexibility index (Phi) is 8.24. The van der Waals surface area contributed by atoms with Crippen LogP contribution in [0.5, 0.6) is 0 Å². The molecule has 1 rings (SSSR count). The molecule has 1 heterocycles. The third-order valence-electron chi connectivity index (χ3n) is 4.21. The number of esters is 2. The number of hydrogen-bond donors (Lipinski definition) is 0. The van der Waals surface area contributed by atoms with E-state index < -0.39 is 35.6 Å². The quantitative estimate of drug-likeness (QED) is 0.377. The Morgan fingerprint density at radius 3 is 2.00 bits per heavy atom. The van der Waals surface area contributed by atoms with Crippen LogP contribution in [0, 0.1) is 11.8 Å². The maximum atomic E-state index is 12.9. The third-order valence-corrected chi connectivity index (χ3v) is 4.21. The van der Waals surface area contributed by atoms with Gasteiger partial charge in [0.2, 0.25) is 0 Å². The van der Waals surface area contributed by atoms with Crippen LogP contribution in [0.2, 0.25) is 0 Å². The number of Topliss-reactive ketones (excluding diaryl/α,β-unsaturated/α-hetero) is 1. The van der Waals surface area contributed by atoms with Crippen molar-refractivity contribution in [2.75, 3.05) is 19.8 Å². The molecule has 27 heavy (non-hydrogen) atoms. The molecule has 0 saturated carbocycles. The van der Waals surface area contributed by atoms with Crippen LogP contribution >= 0.6 is 0 Å². The topological polar surface area (TPSA) is 99.2 Å². The van der Waals surface area contributed by atoms with E-state index in [4.69, 9.17) is 14.2 Å². The lowest BCUT2D eigenvalue weighted by Gasteiger charge is -2.29. The highest BCUT2D eigenvalue weighted by Gasteiger charge is 2.43. The summed E-state index contributed by atoms with van der Waals surface area (Å²) in [5.74, 6) is -3.39. The predicted molar refractivity (Wildman–Crippen MR) is 96.9 cm³/mol. The summed E-state index contributed by atoms with van der Waals surface area (Å²) >= 11 is 0. The van der Waals surface area contributed by atoms with Crippen molar-refractivity contribution < 1.29 is 33.4 Å². The minimum absolute atomic E-state index is 0.0901. The Morgan fingerprint density at radius 1 is 1.04 bits per heavy atom. The number of nitrogens with zero attached hydrogens (tertiary/aromatic N) is 1. The van der Waals surface area contributed by atoms with Gasteiger partial charge in [-0.3, -0.25) is 19.3 Å². The molecular formula is C19H31NO7. The van der Waals surface area contributed by atoms with Crippen molar-refractivity contribution in [3.8, 4) is 0 Å². The Morgan fingerprint density at radius 2 is 1.56 bits per heavy atom. The Labute approximate surface area is 160 Å². The minimum atomic E-state index is -1.33. The van der Waals surface area contributed by atoms with Gasteiger partial charge in [0.05, 0.1) is 19.3 Å². The molecule has 0 N–H and O–H groups in total. The van der Waals surface area contributed by atoms with E-state index >= 15 is 0 Å². The van der Waals surface area contributed by atoms with E-state index in [1.165, 1.54) is 4.90 Å². The van der Waals surface area contributed by atoms with E-state index in [2.05, 4.69) is 0 Å². The average molecular weight is 385 g/mol. The SMILES string of the molecule is CCOC(=O)C(CC(=O)C1C(C)CCN1C(=O)OC(C)(C)C)C(=O)OCC. The van der Waals surface area contributed by atoms with Gasteiger partial charge in [0.25, 0.3) is 0 Å². The molecule has 2 atom stereocenters. The van der Waals surface area contributed by atoms with Gasteiger partial charge in [-0.05, 0) is 47.0 Å². The first-order chi connectivity index (χ1) is 12.5. The molecule has 0 bridgehead atoms. The zero-order chi connectivity index (χ0) is 20.8. The molecule has 1 aliphatic rings. The van der Waals surface area contributed by atoms with Crippen LogP contribution in [0.3, 0.4) is 0 Å². The monoisotopic (exact) mass is 385 g/mol. The Hall–Kier alpha value is -2.12. The summed E-state index contributed by atoms with van der Waals surface area (Å²) in [4.78, 5) is 51.0. The molecule has 0 aromatic carbocycles. The fourth-order valence-corrected chi connectivity index (χ4v) is 3.03. The van der Waals surface area contributed by atoms with E-state index in [0.717, 1.165) is 0 Å². The lowest BCUT2D eigenvalue weighted by atomic mass is 9.92. The van der Waals surface area contributed by atoms with Gasteiger partial charge in [-0.1, -0.05) is 6.92 Å². The van der Waals surface area contributed by atoms with Gasteiger partial charge >= 0.3 is 18.0 Å². The number of carbonyl (C=O) groups excluding carboxylic acids is 4. The predicted octanol–water partition coefficient (Wildman–Crippen LogP) is 2.33. The lowest BCUT2D eigenvalue weighted by molar-refractivity contribution is -0.163. The van der Waals surface area contributed by atoms with Gasteiger partial charge in [0, 0.05) is 13.0 Å². The fraction of sp³-hybridized carbons (Fsp3) is 0.789. The molecule has 0 aromatic heterocycles. The number of likely N-dealkylation sites (tertiary alicyclic amines) is 1. The van der Waals surface area contributed by atoms with E-state index in [0.29, 0.717) is 13.0 Å². The van der Waals surface area contributed by atoms with Crippen molar-refractivity contribution in [1.29, 1.82) is 0 Å². The Bertz CT molecular complexity index is 549. The third kappa shape index (κ3) is 6.52. The molecule has 8 heteroatoms. The van der Waals surface area contributed by atoms with Crippen LogP contribution in [0.4, 0.5) is 4.79 Å². The maximum absolute atomic E-state index is 12.9. The summed E-state index contributed by atoms with van der Waals surface area (Å²) in [5.41, 5.74) is -0.686. The van der Waals surface area contributed by atoms with Crippen LogP contribution in [0.25, 0.3) is 0 Å². The molecule has 2 unspecified atom stereocenters. The molecule has 1 saturated heterocycles. The van der Waals surface area contributed by atoms with Gasteiger partial charge in [-0.2, -0.15) is 0 Å². The largest absolute Gasteiger partial charge is 0.465 e. The molecule has 1 fully saturated rings. The highest BCUT2D eigenvalue weighted by atomic mass is 16.6. The molecular weight excluding hydrogens is 354 g/mol. The first kappa shape index (κ1) is 22.9. The molecule has 0 aromatic rings. The second-order valence-electron chi connectivity index (χ2n) is 7.61. The maximum Gasteiger partial charge on any atom is 0.410 e. The molecule has 0 aliphatic carbocycles. The van der Waals surface area contributed by atoms with Crippen LogP contribution in [-0.2, 0) is 28.6 Å². The highest BCUT2D eigenvalue weighted by Crippen LogP contribution is 2.28. The summed E-state index contributed by atoms with van der Waals surface area (Å²) in [6.45, 7) is 10.9. The van der Waals surface area contributed by atoms with Crippen LogP contribution in [0.1, 0.15) is 54.4 Å². The molecule has 0 radical (unpaired) electrons. The molecule has 8 nitrogen and oxygen atoms in total. The summed E-state index contributed by atoms with van der Waals surface area (Å²) in [6, 6.07) is -0.744. The van der Waals surface area contributed by atoms with Gasteiger partial charge in [-0.25, -0.2) is 4.79 Å². The zero-order valence-corrected chi connectivity index (χ0v) is 17.1. The number of ether oxygens (including phenoxy) is 3. The van der Waals surface area contributed by atoms with E-state index in [9.17, 15) is 19.2 Å². The van der Waals surface area contributed by atoms with Gasteiger partial charge in [0.1, 0.15) is 5.60 Å². The van der Waals surface area contributed by atoms with Crippen LogP contribution in [-0.4, -0.2) is 60.1 Å². The zero-order valence-electron chi connectivity index (χ0n) is 17.1. The standard InChI is InChI=1S/C19H31NO7/c1-7-25-16(22)13(17(23)26-8-2)11-14(21)15-12(3)9-10-20(15)18(24)27-19(4,5)6/h12-13,15H,7-11H2,1-6H3. The summed E-state index contributed by atoms with van der Waals surface area (Å²) in [6.07, 6.45) is -0.306. The van der Waals surface area contributed by atoms with E-state index in [-0.39, 0.29) is 31.3 Å². The van der Waals surface area contributed by atoms with Crippen molar-refractivity contribution in [3.05, 3.63) is 0 Å². The lowest BCUT2D eigenvalue weighted by Crippen LogP contribution is -2.46. The number of amides is 1. The molecule has 154 valence electrons. The fourth-order valence-electron chi connectivity index (χ4n) is 3.03. The molecule has 1 aliphatic heterocycles. The summed E-state index contributed by atoms with van der Waals surface area (Å²) in [7, 11) is 0. The second-order valence-corrected chi connectivity index (χ2v) is 7.61.